The third-order valence-electron chi connectivity index (χ3n) is 3.28. The molecule has 0 aromatic heterocycles. The average Bonchev–Trinajstić information content (AvgIpc) is 2.64. The van der Waals surface area contributed by atoms with Crippen molar-refractivity contribution in [1.82, 2.24) is 4.90 Å². The lowest BCUT2D eigenvalue weighted by Gasteiger charge is -2.21. The van der Waals surface area contributed by atoms with Crippen LogP contribution in [0.15, 0.2) is 18.2 Å². The number of alkyl halides is 3. The van der Waals surface area contributed by atoms with Gasteiger partial charge in [0.05, 0.1) is 5.56 Å². The molecular weight excluding hydrogens is 229 g/mol. The molecule has 0 fully saturated rings. The molecule has 1 aliphatic heterocycles. The molecule has 0 saturated heterocycles. The van der Waals surface area contributed by atoms with Crippen molar-refractivity contribution in [2.75, 3.05) is 13.1 Å². The quantitative estimate of drug-likeness (QED) is 0.866. The fraction of sp³-hybridized carbons (Fsp3) is 0.500. The second-order valence-corrected chi connectivity index (χ2v) is 4.23. The van der Waals surface area contributed by atoms with Crippen molar-refractivity contribution in [3.8, 4) is 0 Å². The van der Waals surface area contributed by atoms with Crippen LogP contribution in [0.5, 0.6) is 0 Å². The van der Waals surface area contributed by atoms with Crippen molar-refractivity contribution in [2.24, 2.45) is 5.73 Å². The van der Waals surface area contributed by atoms with Gasteiger partial charge in [0.1, 0.15) is 0 Å². The lowest BCUT2D eigenvalue weighted by Crippen LogP contribution is -2.27. The van der Waals surface area contributed by atoms with E-state index in [9.17, 15) is 13.2 Å². The minimum Gasteiger partial charge on any atom is -0.329 e. The van der Waals surface area contributed by atoms with Gasteiger partial charge >= 0.3 is 6.18 Å². The Morgan fingerprint density at radius 1 is 1.41 bits per heavy atom. The van der Waals surface area contributed by atoms with E-state index >= 15 is 0 Å². The van der Waals surface area contributed by atoms with Gasteiger partial charge < -0.3 is 5.73 Å². The van der Waals surface area contributed by atoms with E-state index in [1.807, 2.05) is 6.92 Å². The van der Waals surface area contributed by atoms with Gasteiger partial charge in [0.2, 0.25) is 0 Å². The van der Waals surface area contributed by atoms with Gasteiger partial charge in [0.25, 0.3) is 0 Å². The van der Waals surface area contributed by atoms with E-state index in [1.54, 1.807) is 6.07 Å². The number of hydrogen-bond acceptors (Lipinski definition) is 2. The summed E-state index contributed by atoms with van der Waals surface area (Å²) < 4.78 is 37.9. The topological polar surface area (TPSA) is 29.3 Å². The number of halogens is 3. The Bertz CT molecular complexity index is 415. The van der Waals surface area contributed by atoms with E-state index in [0.717, 1.165) is 23.7 Å². The first-order chi connectivity index (χ1) is 7.97. The first-order valence-corrected chi connectivity index (χ1v) is 5.61. The standard InChI is InChI=1S/C12H15F3N2/c1-2-17-7-8-3-4-9(12(13,14)15)5-10(8)11(17)6-16/h3-5,11H,2,6-7,16H2,1H3. The lowest BCUT2D eigenvalue weighted by atomic mass is 10.0. The fourth-order valence-corrected chi connectivity index (χ4v) is 2.36. The molecular formula is C12H15F3N2. The summed E-state index contributed by atoms with van der Waals surface area (Å²) in [4.78, 5) is 2.09. The van der Waals surface area contributed by atoms with Crippen LogP contribution in [0.1, 0.15) is 29.7 Å². The molecule has 0 bridgehead atoms. The third kappa shape index (κ3) is 2.17. The first-order valence-electron chi connectivity index (χ1n) is 5.61. The number of rotatable bonds is 2. The van der Waals surface area contributed by atoms with Crippen LogP contribution >= 0.6 is 0 Å². The van der Waals surface area contributed by atoms with Gasteiger partial charge in [0, 0.05) is 19.1 Å². The number of nitrogens with two attached hydrogens (primary N) is 1. The van der Waals surface area contributed by atoms with Crippen LogP contribution in [0, 0.1) is 0 Å². The monoisotopic (exact) mass is 244 g/mol. The summed E-state index contributed by atoms with van der Waals surface area (Å²) in [6, 6.07) is 3.86. The fourth-order valence-electron chi connectivity index (χ4n) is 2.36. The van der Waals surface area contributed by atoms with E-state index in [4.69, 9.17) is 5.73 Å². The van der Waals surface area contributed by atoms with Gasteiger partial charge in [-0.1, -0.05) is 13.0 Å². The van der Waals surface area contributed by atoms with Crippen molar-refractivity contribution in [1.29, 1.82) is 0 Å². The SMILES string of the molecule is CCN1Cc2ccc(C(F)(F)F)cc2C1CN. The molecule has 2 rings (SSSR count). The average molecular weight is 244 g/mol. The van der Waals surface area contributed by atoms with Crippen molar-refractivity contribution in [2.45, 2.75) is 25.7 Å². The maximum atomic E-state index is 12.6. The molecule has 1 atom stereocenters. The molecule has 0 spiro atoms. The number of hydrogen-bond donors (Lipinski definition) is 1. The van der Waals surface area contributed by atoms with Crippen LogP contribution in [-0.2, 0) is 12.7 Å². The predicted octanol–water partition coefficient (Wildman–Crippen LogP) is 2.54. The molecule has 0 amide bonds. The van der Waals surface area contributed by atoms with Crippen LogP contribution in [0.3, 0.4) is 0 Å². The summed E-state index contributed by atoms with van der Waals surface area (Å²) in [6.07, 6.45) is -4.28. The summed E-state index contributed by atoms with van der Waals surface area (Å²) in [5.74, 6) is 0. The number of likely N-dealkylation sites (N-methyl/N-ethyl adjacent to an activating group) is 1. The predicted molar refractivity (Wildman–Crippen MR) is 59.3 cm³/mol. The Hall–Kier alpha value is -1.07. The third-order valence-corrected chi connectivity index (χ3v) is 3.28. The summed E-state index contributed by atoms with van der Waals surface area (Å²) >= 11 is 0. The molecule has 0 aliphatic carbocycles. The second kappa shape index (κ2) is 4.31. The van der Waals surface area contributed by atoms with E-state index in [-0.39, 0.29) is 6.04 Å². The van der Waals surface area contributed by atoms with E-state index < -0.39 is 11.7 Å². The first kappa shape index (κ1) is 12.4. The molecule has 1 aromatic carbocycles. The van der Waals surface area contributed by atoms with Crippen molar-refractivity contribution < 1.29 is 13.2 Å². The van der Waals surface area contributed by atoms with E-state index in [0.29, 0.717) is 13.1 Å². The number of fused-ring (bicyclic) bond motifs is 1. The zero-order valence-corrected chi connectivity index (χ0v) is 9.59. The van der Waals surface area contributed by atoms with Crippen molar-refractivity contribution in [3.05, 3.63) is 34.9 Å². The zero-order chi connectivity index (χ0) is 12.6. The summed E-state index contributed by atoms with van der Waals surface area (Å²) in [5, 5.41) is 0. The van der Waals surface area contributed by atoms with Gasteiger partial charge in [-0.05, 0) is 29.8 Å². The highest BCUT2D eigenvalue weighted by atomic mass is 19.4. The minimum atomic E-state index is -4.28. The molecule has 0 saturated carbocycles. The molecule has 2 nitrogen and oxygen atoms in total. The Balaban J connectivity index is 2.40. The van der Waals surface area contributed by atoms with Gasteiger partial charge in [-0.15, -0.1) is 0 Å². The summed E-state index contributed by atoms with van der Waals surface area (Å²) in [7, 11) is 0. The maximum Gasteiger partial charge on any atom is 0.416 e. The molecule has 1 aromatic rings. The Kier molecular flexibility index (Phi) is 3.14. The highest BCUT2D eigenvalue weighted by Gasteiger charge is 2.34. The molecule has 1 aliphatic rings. The van der Waals surface area contributed by atoms with E-state index in [1.165, 1.54) is 6.07 Å². The highest BCUT2D eigenvalue weighted by Crippen LogP contribution is 2.37. The van der Waals surface area contributed by atoms with E-state index in [2.05, 4.69) is 4.90 Å². The second-order valence-electron chi connectivity index (χ2n) is 4.23. The van der Waals surface area contributed by atoms with Gasteiger partial charge in [-0.3, -0.25) is 4.90 Å². The molecule has 17 heavy (non-hydrogen) atoms. The smallest absolute Gasteiger partial charge is 0.329 e. The Morgan fingerprint density at radius 3 is 2.65 bits per heavy atom. The number of nitrogens with zero attached hydrogens (tertiary/aromatic N) is 1. The van der Waals surface area contributed by atoms with Crippen LogP contribution < -0.4 is 5.73 Å². The van der Waals surface area contributed by atoms with Crippen LogP contribution in [0.2, 0.25) is 0 Å². The zero-order valence-electron chi connectivity index (χ0n) is 9.59. The highest BCUT2D eigenvalue weighted by molar-refractivity contribution is 5.39. The van der Waals surface area contributed by atoms with Crippen molar-refractivity contribution in [3.63, 3.8) is 0 Å². The van der Waals surface area contributed by atoms with Crippen LogP contribution in [-0.4, -0.2) is 18.0 Å². The molecule has 0 radical (unpaired) electrons. The lowest BCUT2D eigenvalue weighted by molar-refractivity contribution is -0.137. The number of benzene rings is 1. The maximum absolute atomic E-state index is 12.6. The molecule has 94 valence electrons. The normalized spacial score (nSPS) is 20.6. The minimum absolute atomic E-state index is 0.0858. The van der Waals surface area contributed by atoms with Gasteiger partial charge in [-0.2, -0.15) is 13.2 Å². The molecule has 1 unspecified atom stereocenters. The molecule has 1 heterocycles. The van der Waals surface area contributed by atoms with Crippen LogP contribution in [0.4, 0.5) is 13.2 Å². The van der Waals surface area contributed by atoms with Crippen LogP contribution in [0.25, 0.3) is 0 Å². The van der Waals surface area contributed by atoms with Gasteiger partial charge in [-0.25, -0.2) is 0 Å². The Morgan fingerprint density at radius 2 is 2.12 bits per heavy atom. The molecule has 2 N–H and O–H groups in total. The summed E-state index contributed by atoms with van der Waals surface area (Å²) in [5.41, 5.74) is 6.74. The summed E-state index contributed by atoms with van der Waals surface area (Å²) in [6.45, 7) is 3.81. The van der Waals surface area contributed by atoms with Crippen molar-refractivity contribution >= 4 is 0 Å². The van der Waals surface area contributed by atoms with Gasteiger partial charge in [0.15, 0.2) is 0 Å². The Labute approximate surface area is 98.2 Å². The molecule has 5 heteroatoms. The largest absolute Gasteiger partial charge is 0.416 e.